The van der Waals surface area contributed by atoms with E-state index in [-0.39, 0.29) is 11.7 Å². The van der Waals surface area contributed by atoms with Crippen LogP contribution >= 0.6 is 0 Å². The zero-order valence-corrected chi connectivity index (χ0v) is 28.3. The van der Waals surface area contributed by atoms with Crippen molar-refractivity contribution < 1.29 is 17.9 Å². The van der Waals surface area contributed by atoms with E-state index >= 15 is 0 Å². The van der Waals surface area contributed by atoms with Gasteiger partial charge in [-0.15, -0.1) is 0 Å². The van der Waals surface area contributed by atoms with Gasteiger partial charge in [-0.2, -0.15) is 0 Å². The zero-order valence-electron chi connectivity index (χ0n) is 27.5. The number of benzene rings is 2. The van der Waals surface area contributed by atoms with E-state index in [0.717, 1.165) is 72.4 Å². The van der Waals surface area contributed by atoms with Crippen LogP contribution in [0.3, 0.4) is 0 Å². The van der Waals surface area contributed by atoms with Crippen LogP contribution in [0.5, 0.6) is 5.75 Å². The van der Waals surface area contributed by atoms with Gasteiger partial charge in [0.25, 0.3) is 0 Å². The minimum absolute atomic E-state index is 0.0311. The molecule has 47 heavy (non-hydrogen) atoms. The van der Waals surface area contributed by atoms with Crippen LogP contribution in [0.25, 0.3) is 27.7 Å². The Morgan fingerprint density at radius 3 is 2.40 bits per heavy atom. The Kier molecular flexibility index (Phi) is 8.18. The Morgan fingerprint density at radius 1 is 0.979 bits per heavy atom. The number of pyridine rings is 1. The number of allylic oxidation sites excluding steroid dienone is 3. The lowest BCUT2D eigenvalue weighted by atomic mass is 9.86. The number of ketones is 1. The average molecular weight is 651 g/mol. The maximum Gasteiger partial charge on any atom is 0.249 e. The van der Waals surface area contributed by atoms with Gasteiger partial charge in [-0.3, -0.25) is 4.79 Å². The first kappa shape index (κ1) is 31.5. The van der Waals surface area contributed by atoms with E-state index in [1.165, 1.54) is 9.54 Å². The Hall–Kier alpha value is -4.05. The highest BCUT2D eigenvalue weighted by molar-refractivity contribution is 7.91. The van der Waals surface area contributed by atoms with Gasteiger partial charge in [-0.25, -0.2) is 17.4 Å². The summed E-state index contributed by atoms with van der Waals surface area (Å²) in [6.45, 7) is 5.46. The van der Waals surface area contributed by atoms with Crippen LogP contribution in [0, 0.1) is 5.92 Å². The van der Waals surface area contributed by atoms with Crippen LogP contribution in [-0.2, 0) is 10.0 Å². The second kappa shape index (κ2) is 12.2. The molecule has 0 saturated carbocycles. The summed E-state index contributed by atoms with van der Waals surface area (Å²) < 4.78 is 35.2. The molecule has 4 heterocycles. The molecule has 244 valence electrons. The van der Waals surface area contributed by atoms with Crippen molar-refractivity contribution in [1.29, 1.82) is 0 Å². The summed E-state index contributed by atoms with van der Waals surface area (Å²) in [5, 5.41) is 0.740. The van der Waals surface area contributed by atoms with Gasteiger partial charge < -0.3 is 14.5 Å². The molecule has 2 fully saturated rings. The second-order valence-electron chi connectivity index (χ2n) is 13.6. The highest BCUT2D eigenvalue weighted by atomic mass is 32.2. The van der Waals surface area contributed by atoms with Crippen LogP contribution in [0.2, 0.25) is 0 Å². The molecule has 9 heteroatoms. The van der Waals surface area contributed by atoms with E-state index in [2.05, 4.69) is 34.0 Å². The lowest BCUT2D eigenvalue weighted by molar-refractivity contribution is 0.0702. The van der Waals surface area contributed by atoms with Crippen molar-refractivity contribution in [2.24, 2.45) is 5.92 Å². The summed E-state index contributed by atoms with van der Waals surface area (Å²) in [6.07, 6.45) is 11.6. The van der Waals surface area contributed by atoms with E-state index < -0.39 is 14.8 Å². The number of Topliss-reactive ketones (excluding diaryl/α,β-unsaturated/α-hetero) is 1. The molecule has 0 amide bonds. The number of nitrogens with zero attached hydrogens (tertiary/aromatic N) is 4. The van der Waals surface area contributed by atoms with Crippen molar-refractivity contribution in [2.45, 2.75) is 36.9 Å². The molecule has 1 unspecified atom stereocenters. The van der Waals surface area contributed by atoms with Gasteiger partial charge >= 0.3 is 0 Å². The van der Waals surface area contributed by atoms with E-state index in [1.807, 2.05) is 67.7 Å². The van der Waals surface area contributed by atoms with Crippen molar-refractivity contribution in [3.05, 3.63) is 102 Å². The second-order valence-corrected chi connectivity index (χ2v) is 15.9. The van der Waals surface area contributed by atoms with E-state index in [0.29, 0.717) is 23.5 Å². The predicted octanol–water partition coefficient (Wildman–Crippen LogP) is 6.25. The van der Waals surface area contributed by atoms with Crippen molar-refractivity contribution in [1.82, 2.24) is 18.8 Å². The summed E-state index contributed by atoms with van der Waals surface area (Å²) in [5.41, 5.74) is 5.64. The molecule has 0 spiro atoms. The predicted molar refractivity (Wildman–Crippen MR) is 187 cm³/mol. The summed E-state index contributed by atoms with van der Waals surface area (Å²) in [4.78, 5) is 21.9. The van der Waals surface area contributed by atoms with Gasteiger partial charge in [0.05, 0.1) is 7.11 Å². The SMILES string of the molecule is COc1cc(C2=CC(C)(S(=O)(=O)n3cc(-c4ccc(C(=O)C5CN(C)C5)cc4)c4cccnc43)CC=C2)ccc1C1CCN(C)CC1. The van der Waals surface area contributed by atoms with Gasteiger partial charge in [0.2, 0.25) is 10.0 Å². The quantitative estimate of drug-likeness (QED) is 0.209. The number of rotatable bonds is 8. The van der Waals surface area contributed by atoms with Gasteiger partial charge in [0.15, 0.2) is 11.4 Å². The Balaban J connectivity index is 1.21. The number of ether oxygens (including phenoxy) is 1. The third kappa shape index (κ3) is 5.64. The van der Waals surface area contributed by atoms with E-state index in [1.54, 1.807) is 26.4 Å². The standard InChI is InChI=1S/C38H42N4O4S/c1-38(17-5-7-30(22-38)29-13-14-32(35(21-29)46-4)27-15-19-40(2)20-16-27)47(44,45)42-25-34(33-8-6-18-39-37(33)42)26-9-11-28(12-10-26)36(43)31-23-41(3)24-31/h5-14,18,21-22,25,27,31H,15-17,19-20,23-24H2,1-4H3. The van der Waals surface area contributed by atoms with Crippen molar-refractivity contribution in [3.63, 3.8) is 0 Å². The Bertz CT molecular complexity index is 2000. The van der Waals surface area contributed by atoms with Crippen LogP contribution in [-0.4, -0.2) is 85.1 Å². The van der Waals surface area contributed by atoms with E-state index in [9.17, 15) is 13.2 Å². The van der Waals surface area contributed by atoms with Crippen molar-refractivity contribution >= 4 is 32.4 Å². The lowest BCUT2D eigenvalue weighted by Crippen LogP contribution is -2.47. The molecule has 0 N–H and O–H groups in total. The number of fused-ring (bicyclic) bond motifs is 1. The topological polar surface area (TPSA) is 84.7 Å². The number of hydrogen-bond donors (Lipinski definition) is 0. The molecule has 2 aromatic carbocycles. The number of hydrogen-bond acceptors (Lipinski definition) is 7. The maximum atomic E-state index is 14.6. The molecule has 7 rings (SSSR count). The molecule has 2 aromatic heterocycles. The monoisotopic (exact) mass is 650 g/mol. The van der Waals surface area contributed by atoms with Crippen molar-refractivity contribution in [2.75, 3.05) is 47.4 Å². The average Bonchev–Trinajstić information content (AvgIpc) is 3.47. The fraction of sp³-hybridized carbons (Fsp3) is 0.368. The van der Waals surface area contributed by atoms with Crippen molar-refractivity contribution in [3.8, 4) is 16.9 Å². The summed E-state index contributed by atoms with van der Waals surface area (Å²) in [5.74, 6) is 1.47. The minimum Gasteiger partial charge on any atom is -0.496 e. The largest absolute Gasteiger partial charge is 0.496 e. The third-order valence-corrected chi connectivity index (χ3v) is 12.6. The normalized spacial score (nSPS) is 21.5. The third-order valence-electron chi connectivity index (χ3n) is 10.3. The number of likely N-dealkylation sites (tertiary alicyclic amines) is 2. The number of piperidine rings is 1. The van der Waals surface area contributed by atoms with Crippen LogP contribution in [0.15, 0.2) is 85.2 Å². The smallest absolute Gasteiger partial charge is 0.249 e. The first-order chi connectivity index (χ1) is 22.6. The molecule has 4 aromatic rings. The molecular formula is C38H42N4O4S. The molecule has 2 aliphatic heterocycles. The number of carbonyl (C=O) groups is 1. The molecule has 3 aliphatic rings. The van der Waals surface area contributed by atoms with E-state index in [4.69, 9.17) is 4.74 Å². The Labute approximate surface area is 277 Å². The Morgan fingerprint density at radius 2 is 1.70 bits per heavy atom. The molecule has 8 nitrogen and oxygen atoms in total. The molecule has 0 radical (unpaired) electrons. The highest BCUT2D eigenvalue weighted by Gasteiger charge is 2.41. The summed E-state index contributed by atoms with van der Waals surface area (Å²) in [6, 6.07) is 17.5. The first-order valence-electron chi connectivity index (χ1n) is 16.4. The maximum absolute atomic E-state index is 14.6. The van der Waals surface area contributed by atoms with Crippen LogP contribution in [0.1, 0.15) is 53.6 Å². The number of methoxy groups -OCH3 is 1. The lowest BCUT2D eigenvalue weighted by Gasteiger charge is -2.34. The zero-order chi connectivity index (χ0) is 32.9. The fourth-order valence-electron chi connectivity index (χ4n) is 7.35. The molecular weight excluding hydrogens is 609 g/mol. The van der Waals surface area contributed by atoms with Crippen LogP contribution in [0.4, 0.5) is 0 Å². The molecule has 1 aliphatic carbocycles. The molecule has 0 bridgehead atoms. The summed E-state index contributed by atoms with van der Waals surface area (Å²) >= 11 is 0. The van der Waals surface area contributed by atoms with Gasteiger partial charge in [0.1, 0.15) is 10.5 Å². The van der Waals surface area contributed by atoms with Gasteiger partial charge in [0, 0.05) is 47.9 Å². The molecule has 1 atom stereocenters. The highest BCUT2D eigenvalue weighted by Crippen LogP contribution is 2.40. The first-order valence-corrected chi connectivity index (χ1v) is 17.8. The molecule has 2 saturated heterocycles. The summed E-state index contributed by atoms with van der Waals surface area (Å²) in [7, 11) is 1.91. The number of aromatic nitrogens is 2. The van der Waals surface area contributed by atoms with Gasteiger partial charge in [-0.1, -0.05) is 54.6 Å². The van der Waals surface area contributed by atoms with Crippen LogP contribution < -0.4 is 4.74 Å². The van der Waals surface area contributed by atoms with Gasteiger partial charge in [-0.05, 0) is 99.8 Å². The number of carbonyl (C=O) groups excluding carboxylic acids is 1. The fourth-order valence-corrected chi connectivity index (χ4v) is 9.00. The minimum atomic E-state index is -3.96.